The Morgan fingerprint density at radius 3 is 2.50 bits per heavy atom. The third-order valence-electron chi connectivity index (χ3n) is 2.03. The topological polar surface area (TPSA) is 46.2 Å². The van der Waals surface area contributed by atoms with Crippen LogP contribution in [0.15, 0.2) is 52.3 Å². The van der Waals surface area contributed by atoms with E-state index in [9.17, 15) is 5.11 Å². The van der Waals surface area contributed by atoms with Gasteiger partial charge in [-0.15, -0.1) is 0 Å². The molecule has 0 saturated heterocycles. The number of phenols is 1. The van der Waals surface area contributed by atoms with Crippen LogP contribution in [0.2, 0.25) is 5.02 Å². The molecule has 0 aromatic heterocycles. The Bertz CT molecular complexity index is 516. The molecule has 4 heteroatoms. The Morgan fingerprint density at radius 2 is 1.81 bits per heavy atom. The van der Waals surface area contributed by atoms with Gasteiger partial charge in [0.05, 0.1) is 5.69 Å². The minimum Gasteiger partial charge on any atom is -0.506 e. The first-order chi connectivity index (χ1) is 7.65. The first-order valence-electron chi connectivity index (χ1n) is 4.67. The molecule has 0 saturated carbocycles. The molecule has 3 N–H and O–H groups in total. The van der Waals surface area contributed by atoms with Crippen LogP contribution in [-0.4, -0.2) is 5.11 Å². The number of nitrogens with two attached hydrogens (primary N) is 1. The second kappa shape index (κ2) is 4.68. The quantitative estimate of drug-likeness (QED) is 0.631. The summed E-state index contributed by atoms with van der Waals surface area (Å²) >= 11 is 7.44. The van der Waals surface area contributed by atoms with Crippen molar-refractivity contribution < 1.29 is 5.11 Å². The molecule has 0 amide bonds. The Kier molecular flexibility index (Phi) is 3.27. The van der Waals surface area contributed by atoms with Gasteiger partial charge in [0.25, 0.3) is 0 Å². The summed E-state index contributed by atoms with van der Waals surface area (Å²) in [4.78, 5) is 2.01. The van der Waals surface area contributed by atoms with Crippen molar-refractivity contribution >= 4 is 29.1 Å². The Balaban J connectivity index is 2.24. The lowest BCUT2D eigenvalue weighted by molar-refractivity contribution is 0.477. The molecule has 0 unspecified atom stereocenters. The van der Waals surface area contributed by atoms with Crippen molar-refractivity contribution in [2.45, 2.75) is 9.79 Å². The molecule has 0 bridgehead atoms. The predicted octanol–water partition coefficient (Wildman–Crippen LogP) is 3.78. The van der Waals surface area contributed by atoms with Crippen LogP contribution in [0.5, 0.6) is 5.75 Å². The van der Waals surface area contributed by atoms with E-state index in [1.807, 2.05) is 30.3 Å². The average molecular weight is 252 g/mol. The number of rotatable bonds is 2. The van der Waals surface area contributed by atoms with E-state index in [2.05, 4.69) is 0 Å². The molecule has 0 fully saturated rings. The van der Waals surface area contributed by atoms with Crippen molar-refractivity contribution in [2.75, 3.05) is 5.73 Å². The van der Waals surface area contributed by atoms with Gasteiger partial charge >= 0.3 is 0 Å². The average Bonchev–Trinajstić information content (AvgIpc) is 2.24. The summed E-state index contributed by atoms with van der Waals surface area (Å²) in [5, 5.41) is 10.0. The summed E-state index contributed by atoms with van der Waals surface area (Å²) in [5.74, 6) is 0.107. The zero-order chi connectivity index (χ0) is 11.5. The number of hydrogen-bond acceptors (Lipinski definition) is 3. The zero-order valence-corrected chi connectivity index (χ0v) is 9.92. The standard InChI is InChI=1S/C12H10ClNOS/c13-8-2-1-3-9(6-8)16-10-4-5-12(15)11(14)7-10/h1-7,15H,14H2. The van der Waals surface area contributed by atoms with Crippen LogP contribution in [0.25, 0.3) is 0 Å². The zero-order valence-electron chi connectivity index (χ0n) is 8.35. The van der Waals surface area contributed by atoms with E-state index in [0.29, 0.717) is 10.7 Å². The lowest BCUT2D eigenvalue weighted by Gasteiger charge is -2.04. The predicted molar refractivity (Wildman–Crippen MR) is 68.1 cm³/mol. The Hall–Kier alpha value is -1.32. The maximum Gasteiger partial charge on any atom is 0.138 e. The third kappa shape index (κ3) is 2.62. The molecule has 2 aromatic carbocycles. The highest BCUT2D eigenvalue weighted by Gasteiger charge is 2.01. The molecule has 82 valence electrons. The van der Waals surface area contributed by atoms with Crippen LogP contribution in [0.3, 0.4) is 0 Å². The number of benzene rings is 2. The fourth-order valence-corrected chi connectivity index (χ4v) is 2.44. The second-order valence-electron chi connectivity index (χ2n) is 3.28. The highest BCUT2D eigenvalue weighted by molar-refractivity contribution is 7.99. The number of phenolic OH excluding ortho intramolecular Hbond substituents is 1. The van der Waals surface area contributed by atoms with Crippen molar-refractivity contribution in [3.63, 3.8) is 0 Å². The molecule has 2 nitrogen and oxygen atoms in total. The SMILES string of the molecule is Nc1cc(Sc2cccc(Cl)c2)ccc1O. The molecule has 16 heavy (non-hydrogen) atoms. The summed E-state index contributed by atoms with van der Waals surface area (Å²) in [7, 11) is 0. The highest BCUT2D eigenvalue weighted by Crippen LogP contribution is 2.32. The maximum absolute atomic E-state index is 9.30. The number of hydrogen-bond donors (Lipinski definition) is 2. The minimum absolute atomic E-state index is 0.107. The molecular formula is C12H10ClNOS. The number of anilines is 1. The van der Waals surface area contributed by atoms with Crippen molar-refractivity contribution in [3.05, 3.63) is 47.5 Å². The number of halogens is 1. The van der Waals surface area contributed by atoms with E-state index in [1.165, 1.54) is 0 Å². The van der Waals surface area contributed by atoms with E-state index in [4.69, 9.17) is 17.3 Å². The molecule has 0 aliphatic carbocycles. The van der Waals surface area contributed by atoms with Gasteiger partial charge in [-0.25, -0.2) is 0 Å². The molecule has 0 radical (unpaired) electrons. The molecule has 0 atom stereocenters. The van der Waals surface area contributed by atoms with E-state index < -0.39 is 0 Å². The Labute approximate surface area is 103 Å². The van der Waals surface area contributed by atoms with Gasteiger partial charge in [0.2, 0.25) is 0 Å². The minimum atomic E-state index is 0.107. The summed E-state index contributed by atoms with van der Waals surface area (Å²) in [6.07, 6.45) is 0. The molecule has 0 spiro atoms. The molecular weight excluding hydrogens is 242 g/mol. The van der Waals surface area contributed by atoms with Crippen molar-refractivity contribution in [2.24, 2.45) is 0 Å². The van der Waals surface area contributed by atoms with Gasteiger partial charge in [-0.2, -0.15) is 0 Å². The third-order valence-corrected chi connectivity index (χ3v) is 3.25. The fraction of sp³-hybridized carbons (Fsp3) is 0. The first kappa shape index (κ1) is 11.2. The Morgan fingerprint density at radius 1 is 1.06 bits per heavy atom. The molecule has 0 heterocycles. The normalized spacial score (nSPS) is 10.3. The first-order valence-corrected chi connectivity index (χ1v) is 5.86. The number of nitrogen functional groups attached to an aromatic ring is 1. The van der Waals surface area contributed by atoms with Crippen LogP contribution in [0.1, 0.15) is 0 Å². The molecule has 0 aliphatic rings. The van der Waals surface area contributed by atoms with Crippen LogP contribution in [0, 0.1) is 0 Å². The molecule has 2 aromatic rings. The van der Waals surface area contributed by atoms with E-state index >= 15 is 0 Å². The molecule has 0 aliphatic heterocycles. The van der Waals surface area contributed by atoms with Gasteiger partial charge in [-0.1, -0.05) is 29.4 Å². The fourth-order valence-electron chi connectivity index (χ4n) is 1.26. The highest BCUT2D eigenvalue weighted by atomic mass is 35.5. The van der Waals surface area contributed by atoms with E-state index in [0.717, 1.165) is 9.79 Å². The van der Waals surface area contributed by atoms with Crippen LogP contribution in [0.4, 0.5) is 5.69 Å². The maximum atomic E-state index is 9.30. The smallest absolute Gasteiger partial charge is 0.138 e. The van der Waals surface area contributed by atoms with Gasteiger partial charge in [-0.05, 0) is 36.4 Å². The summed E-state index contributed by atoms with van der Waals surface area (Å²) in [6.45, 7) is 0. The lowest BCUT2D eigenvalue weighted by Crippen LogP contribution is -1.85. The van der Waals surface area contributed by atoms with Crippen molar-refractivity contribution in [1.29, 1.82) is 0 Å². The summed E-state index contributed by atoms with van der Waals surface area (Å²) in [5.41, 5.74) is 6.00. The lowest BCUT2D eigenvalue weighted by atomic mass is 10.3. The van der Waals surface area contributed by atoms with Gasteiger partial charge < -0.3 is 10.8 Å². The van der Waals surface area contributed by atoms with Gasteiger partial charge in [0.15, 0.2) is 0 Å². The van der Waals surface area contributed by atoms with Crippen LogP contribution in [-0.2, 0) is 0 Å². The van der Waals surface area contributed by atoms with E-state index in [-0.39, 0.29) is 5.75 Å². The summed E-state index contributed by atoms with van der Waals surface area (Å²) in [6, 6.07) is 12.7. The largest absolute Gasteiger partial charge is 0.506 e. The van der Waals surface area contributed by atoms with Crippen molar-refractivity contribution in [3.8, 4) is 5.75 Å². The van der Waals surface area contributed by atoms with Gasteiger partial charge in [-0.3, -0.25) is 0 Å². The van der Waals surface area contributed by atoms with Crippen LogP contribution >= 0.6 is 23.4 Å². The molecule has 2 rings (SSSR count). The van der Waals surface area contributed by atoms with Crippen LogP contribution < -0.4 is 5.73 Å². The monoisotopic (exact) mass is 251 g/mol. The van der Waals surface area contributed by atoms with Gasteiger partial charge in [0, 0.05) is 14.8 Å². The number of aromatic hydroxyl groups is 1. The van der Waals surface area contributed by atoms with Crippen molar-refractivity contribution in [1.82, 2.24) is 0 Å². The van der Waals surface area contributed by atoms with Gasteiger partial charge in [0.1, 0.15) is 5.75 Å². The summed E-state index contributed by atoms with van der Waals surface area (Å²) < 4.78 is 0. The second-order valence-corrected chi connectivity index (χ2v) is 4.86. The van der Waals surface area contributed by atoms with E-state index in [1.54, 1.807) is 23.9 Å².